The Bertz CT molecular complexity index is 674. The Morgan fingerprint density at radius 3 is 2.64 bits per heavy atom. The third kappa shape index (κ3) is 6.07. The number of carbonyl (C=O) groups excluding carboxylic acids is 1. The zero-order valence-corrected chi connectivity index (χ0v) is 14.8. The van der Waals surface area contributed by atoms with Crippen molar-refractivity contribution in [2.75, 3.05) is 23.4 Å². The molecular formula is C17H21N3O4S. The lowest BCUT2D eigenvalue weighted by molar-refractivity contribution is -0.139. The van der Waals surface area contributed by atoms with Crippen molar-refractivity contribution in [1.82, 2.24) is 4.98 Å². The highest BCUT2D eigenvalue weighted by Gasteiger charge is 2.16. The molecule has 0 saturated heterocycles. The van der Waals surface area contributed by atoms with Gasteiger partial charge >= 0.3 is 12.0 Å². The number of ether oxygens (including phenoxy) is 1. The summed E-state index contributed by atoms with van der Waals surface area (Å²) in [5.41, 5.74) is 0.716. The van der Waals surface area contributed by atoms with Crippen LogP contribution in [-0.4, -0.2) is 35.2 Å². The maximum atomic E-state index is 12.6. The summed E-state index contributed by atoms with van der Waals surface area (Å²) in [7, 11) is 0. The molecule has 2 rings (SSSR count). The number of aliphatic carboxylic acids is 1. The van der Waals surface area contributed by atoms with Crippen molar-refractivity contribution < 1.29 is 19.4 Å². The number of aromatic nitrogens is 1. The van der Waals surface area contributed by atoms with E-state index >= 15 is 0 Å². The number of anilines is 2. The van der Waals surface area contributed by atoms with E-state index in [9.17, 15) is 9.59 Å². The number of unbranched alkanes of at least 4 members (excludes halogenated alkanes) is 2. The average molecular weight is 363 g/mol. The molecule has 0 atom stereocenters. The van der Waals surface area contributed by atoms with Crippen LogP contribution in [0.4, 0.5) is 15.6 Å². The molecule has 0 aliphatic carbocycles. The first-order valence-corrected chi connectivity index (χ1v) is 8.90. The van der Waals surface area contributed by atoms with Crippen LogP contribution in [0.5, 0.6) is 5.75 Å². The van der Waals surface area contributed by atoms with Gasteiger partial charge in [-0.1, -0.05) is 19.8 Å². The van der Waals surface area contributed by atoms with Crippen LogP contribution in [-0.2, 0) is 4.79 Å². The molecule has 8 heteroatoms. The zero-order chi connectivity index (χ0) is 18.1. The van der Waals surface area contributed by atoms with Crippen molar-refractivity contribution in [3.05, 3.63) is 35.8 Å². The number of urea groups is 1. The second kappa shape index (κ2) is 9.63. The quantitative estimate of drug-likeness (QED) is 0.661. The third-order valence-electron chi connectivity index (χ3n) is 3.39. The number of carboxylic acids is 1. The summed E-state index contributed by atoms with van der Waals surface area (Å²) < 4.78 is 5.12. The van der Waals surface area contributed by atoms with Gasteiger partial charge in [-0.2, -0.15) is 0 Å². The molecule has 2 N–H and O–H groups in total. The van der Waals surface area contributed by atoms with Crippen LogP contribution in [0.1, 0.15) is 26.2 Å². The minimum absolute atomic E-state index is 0.245. The van der Waals surface area contributed by atoms with E-state index in [1.807, 2.05) is 0 Å². The van der Waals surface area contributed by atoms with Crippen LogP contribution in [0, 0.1) is 0 Å². The molecule has 7 nitrogen and oxygen atoms in total. The maximum absolute atomic E-state index is 12.6. The van der Waals surface area contributed by atoms with Crippen molar-refractivity contribution in [3.63, 3.8) is 0 Å². The van der Waals surface area contributed by atoms with E-state index in [1.165, 1.54) is 11.3 Å². The standard InChI is InChI=1S/C17H21N3O4S/c1-2-3-4-10-20(17(23)19-16-18-9-11-25-16)13-5-7-14(8-6-13)24-12-15(21)22/h5-9,11H,2-4,10,12H2,1H3,(H,21,22)(H,18,19,23). The zero-order valence-electron chi connectivity index (χ0n) is 14.0. The van der Waals surface area contributed by atoms with Crippen LogP contribution in [0.15, 0.2) is 35.8 Å². The van der Waals surface area contributed by atoms with Gasteiger partial charge in [-0.05, 0) is 30.7 Å². The van der Waals surface area contributed by atoms with Gasteiger partial charge in [0.1, 0.15) is 5.75 Å². The first kappa shape index (κ1) is 18.7. The van der Waals surface area contributed by atoms with Gasteiger partial charge in [-0.3, -0.25) is 10.2 Å². The molecule has 2 amide bonds. The van der Waals surface area contributed by atoms with Gasteiger partial charge in [0.05, 0.1) is 0 Å². The average Bonchev–Trinajstić information content (AvgIpc) is 3.10. The number of nitrogens with one attached hydrogen (secondary N) is 1. The van der Waals surface area contributed by atoms with Crippen molar-refractivity contribution in [2.24, 2.45) is 0 Å². The molecule has 134 valence electrons. The first-order valence-electron chi connectivity index (χ1n) is 8.03. The van der Waals surface area contributed by atoms with Gasteiger partial charge in [-0.25, -0.2) is 14.6 Å². The number of rotatable bonds is 9. The summed E-state index contributed by atoms with van der Waals surface area (Å²) in [6.45, 7) is 2.29. The van der Waals surface area contributed by atoms with Gasteiger partial charge in [0.25, 0.3) is 0 Å². The minimum atomic E-state index is -1.03. The number of nitrogens with zero attached hydrogens (tertiary/aromatic N) is 2. The fraction of sp³-hybridized carbons (Fsp3) is 0.353. The molecule has 0 saturated carbocycles. The predicted molar refractivity (Wildman–Crippen MR) is 97.6 cm³/mol. The minimum Gasteiger partial charge on any atom is -0.482 e. The largest absolute Gasteiger partial charge is 0.482 e. The molecule has 2 aromatic rings. The summed E-state index contributed by atoms with van der Waals surface area (Å²) >= 11 is 1.36. The van der Waals surface area contributed by atoms with Crippen molar-refractivity contribution in [3.8, 4) is 5.75 Å². The SMILES string of the molecule is CCCCCN(C(=O)Nc1nccs1)c1ccc(OCC(=O)O)cc1. The highest BCUT2D eigenvalue weighted by molar-refractivity contribution is 7.13. The van der Waals surface area contributed by atoms with E-state index < -0.39 is 12.6 Å². The molecule has 1 heterocycles. The highest BCUT2D eigenvalue weighted by Crippen LogP contribution is 2.22. The lowest BCUT2D eigenvalue weighted by Gasteiger charge is -2.23. The molecule has 0 bridgehead atoms. The van der Waals surface area contributed by atoms with Crippen LogP contribution < -0.4 is 15.0 Å². The Morgan fingerprint density at radius 1 is 1.28 bits per heavy atom. The maximum Gasteiger partial charge on any atom is 0.341 e. The number of hydrogen-bond acceptors (Lipinski definition) is 5. The molecule has 0 spiro atoms. The number of benzene rings is 1. The second-order valence-corrected chi connectivity index (χ2v) is 6.20. The Morgan fingerprint density at radius 2 is 2.04 bits per heavy atom. The monoisotopic (exact) mass is 363 g/mol. The summed E-state index contributed by atoms with van der Waals surface area (Å²) in [5, 5.41) is 13.8. The van der Waals surface area contributed by atoms with E-state index in [-0.39, 0.29) is 6.03 Å². The number of carboxylic acid groups (broad SMARTS) is 1. The van der Waals surface area contributed by atoms with Crippen LogP contribution >= 0.6 is 11.3 Å². The Kier molecular flexibility index (Phi) is 7.21. The van der Waals surface area contributed by atoms with E-state index in [0.717, 1.165) is 19.3 Å². The smallest absolute Gasteiger partial charge is 0.341 e. The normalized spacial score (nSPS) is 10.3. The van der Waals surface area contributed by atoms with Crippen molar-refractivity contribution in [2.45, 2.75) is 26.2 Å². The second-order valence-electron chi connectivity index (χ2n) is 5.30. The molecule has 0 aliphatic rings. The van der Waals surface area contributed by atoms with E-state index in [0.29, 0.717) is 23.1 Å². The van der Waals surface area contributed by atoms with Gasteiger partial charge < -0.3 is 9.84 Å². The Hall–Kier alpha value is -2.61. The molecule has 25 heavy (non-hydrogen) atoms. The molecule has 0 unspecified atom stereocenters. The van der Waals surface area contributed by atoms with Crippen LogP contribution in [0.25, 0.3) is 0 Å². The molecule has 1 aromatic heterocycles. The Labute approximate surface area is 150 Å². The summed E-state index contributed by atoms with van der Waals surface area (Å²) in [5.74, 6) is -0.590. The van der Waals surface area contributed by atoms with Crippen LogP contribution in [0.2, 0.25) is 0 Å². The third-order valence-corrected chi connectivity index (χ3v) is 4.08. The fourth-order valence-electron chi connectivity index (χ4n) is 2.18. The summed E-state index contributed by atoms with van der Waals surface area (Å²) in [6, 6.07) is 6.55. The number of thiazole rings is 1. The lowest BCUT2D eigenvalue weighted by Crippen LogP contribution is -2.35. The highest BCUT2D eigenvalue weighted by atomic mass is 32.1. The van der Waals surface area contributed by atoms with Gasteiger partial charge in [0.2, 0.25) is 0 Å². The fourth-order valence-corrected chi connectivity index (χ4v) is 2.70. The van der Waals surface area contributed by atoms with Gasteiger partial charge in [-0.15, -0.1) is 11.3 Å². The summed E-state index contributed by atoms with van der Waals surface area (Å²) in [6.07, 6.45) is 4.61. The van der Waals surface area contributed by atoms with Crippen molar-refractivity contribution in [1.29, 1.82) is 0 Å². The Balaban J connectivity index is 2.07. The van der Waals surface area contributed by atoms with E-state index in [4.69, 9.17) is 9.84 Å². The molecule has 0 fully saturated rings. The number of hydrogen-bond donors (Lipinski definition) is 2. The first-order chi connectivity index (χ1) is 12.1. The van der Waals surface area contributed by atoms with Crippen molar-refractivity contribution >= 4 is 34.2 Å². The van der Waals surface area contributed by atoms with Gasteiger partial charge in [0.15, 0.2) is 11.7 Å². The lowest BCUT2D eigenvalue weighted by atomic mass is 10.2. The molecular weight excluding hydrogens is 342 g/mol. The molecule has 0 aliphatic heterocycles. The molecule has 1 aromatic carbocycles. The predicted octanol–water partition coefficient (Wildman–Crippen LogP) is 3.84. The van der Waals surface area contributed by atoms with Crippen LogP contribution in [0.3, 0.4) is 0 Å². The van der Waals surface area contributed by atoms with Gasteiger partial charge in [0, 0.05) is 23.8 Å². The number of carbonyl (C=O) groups is 2. The van der Waals surface area contributed by atoms with E-state index in [2.05, 4.69) is 17.2 Å². The topological polar surface area (TPSA) is 91.8 Å². The molecule has 0 radical (unpaired) electrons. The number of amides is 2. The van der Waals surface area contributed by atoms with E-state index in [1.54, 1.807) is 40.7 Å². The summed E-state index contributed by atoms with van der Waals surface area (Å²) in [4.78, 5) is 28.8.